The van der Waals surface area contributed by atoms with Gasteiger partial charge in [0.2, 0.25) is 5.91 Å². The normalized spacial score (nSPS) is 10.1. The summed E-state index contributed by atoms with van der Waals surface area (Å²) in [5.41, 5.74) is 1.05. The molecule has 0 aliphatic rings. The van der Waals surface area contributed by atoms with Crippen molar-refractivity contribution in [2.24, 2.45) is 0 Å². The highest BCUT2D eigenvalue weighted by Crippen LogP contribution is 2.15. The van der Waals surface area contributed by atoms with E-state index in [1.165, 1.54) is 17.3 Å². The zero-order chi connectivity index (χ0) is 13.7. The van der Waals surface area contributed by atoms with Crippen molar-refractivity contribution in [1.29, 1.82) is 0 Å². The fourth-order valence-electron chi connectivity index (χ4n) is 1.61. The van der Waals surface area contributed by atoms with Crippen LogP contribution >= 0.6 is 0 Å². The first-order chi connectivity index (χ1) is 9.15. The number of aromatic nitrogens is 3. The molecule has 2 N–H and O–H groups in total. The van der Waals surface area contributed by atoms with Crippen LogP contribution in [0.15, 0.2) is 36.9 Å². The molecule has 7 nitrogen and oxygen atoms in total. The van der Waals surface area contributed by atoms with E-state index in [-0.39, 0.29) is 18.9 Å². The Bertz CT molecular complexity index is 580. The highest BCUT2D eigenvalue weighted by Gasteiger charge is 2.09. The van der Waals surface area contributed by atoms with Gasteiger partial charge in [-0.3, -0.25) is 9.59 Å². The lowest BCUT2D eigenvalue weighted by Crippen LogP contribution is -2.20. The Morgan fingerprint density at radius 1 is 1.32 bits per heavy atom. The zero-order valence-corrected chi connectivity index (χ0v) is 9.98. The van der Waals surface area contributed by atoms with Crippen LogP contribution in [0.1, 0.15) is 5.56 Å². The van der Waals surface area contributed by atoms with Gasteiger partial charge in [0.05, 0.1) is 6.42 Å². The van der Waals surface area contributed by atoms with E-state index in [0.29, 0.717) is 11.3 Å². The van der Waals surface area contributed by atoms with Crippen LogP contribution in [0.3, 0.4) is 0 Å². The highest BCUT2D eigenvalue weighted by atomic mass is 16.4. The summed E-state index contributed by atoms with van der Waals surface area (Å²) in [6.07, 6.45) is 2.63. The Morgan fingerprint density at radius 2 is 2.11 bits per heavy atom. The number of carbonyl (C=O) groups is 2. The largest absolute Gasteiger partial charge is 0.481 e. The molecule has 0 radical (unpaired) electrons. The first kappa shape index (κ1) is 12.7. The van der Waals surface area contributed by atoms with Crippen LogP contribution in [0.2, 0.25) is 0 Å². The van der Waals surface area contributed by atoms with Gasteiger partial charge in [0.1, 0.15) is 19.2 Å². The maximum absolute atomic E-state index is 11.8. The lowest BCUT2D eigenvalue weighted by Gasteiger charge is -2.09. The van der Waals surface area contributed by atoms with Gasteiger partial charge in [-0.15, -0.1) is 0 Å². The van der Waals surface area contributed by atoms with Crippen LogP contribution in [-0.4, -0.2) is 31.7 Å². The van der Waals surface area contributed by atoms with Crippen LogP contribution in [-0.2, 0) is 22.6 Å². The van der Waals surface area contributed by atoms with Crippen LogP contribution < -0.4 is 5.32 Å². The van der Waals surface area contributed by atoms with Crippen molar-refractivity contribution in [1.82, 2.24) is 14.8 Å². The van der Waals surface area contributed by atoms with E-state index in [2.05, 4.69) is 15.4 Å². The van der Waals surface area contributed by atoms with Gasteiger partial charge >= 0.3 is 5.97 Å². The number of hydrogen-bond acceptors (Lipinski definition) is 4. The number of aliphatic carboxylic acids is 1. The third-order valence-electron chi connectivity index (χ3n) is 2.41. The molecule has 1 amide bonds. The van der Waals surface area contributed by atoms with Crippen molar-refractivity contribution in [3.05, 3.63) is 42.5 Å². The SMILES string of the molecule is O=C(O)Cc1ccccc1NC(=O)Cn1cncn1. The number of nitrogens with one attached hydrogen (secondary N) is 1. The predicted molar refractivity (Wildman–Crippen MR) is 66.4 cm³/mol. The number of nitrogens with zero attached hydrogens (tertiary/aromatic N) is 3. The number of carboxylic acid groups (broad SMARTS) is 1. The summed E-state index contributed by atoms with van der Waals surface area (Å²) in [7, 11) is 0. The molecule has 0 saturated carbocycles. The molecule has 0 aliphatic heterocycles. The van der Waals surface area contributed by atoms with E-state index in [1.54, 1.807) is 24.3 Å². The fourth-order valence-corrected chi connectivity index (χ4v) is 1.61. The summed E-state index contributed by atoms with van der Waals surface area (Å²) in [6, 6.07) is 6.79. The van der Waals surface area contributed by atoms with E-state index < -0.39 is 5.97 Å². The average molecular weight is 260 g/mol. The van der Waals surface area contributed by atoms with Crippen LogP contribution in [0.5, 0.6) is 0 Å². The number of para-hydroxylation sites is 1. The first-order valence-electron chi connectivity index (χ1n) is 5.57. The Labute approximate surface area is 108 Å². The monoisotopic (exact) mass is 260 g/mol. The summed E-state index contributed by atoms with van der Waals surface area (Å²) >= 11 is 0. The molecule has 1 heterocycles. The number of rotatable bonds is 5. The zero-order valence-electron chi connectivity index (χ0n) is 9.98. The summed E-state index contributed by atoms with van der Waals surface area (Å²) in [4.78, 5) is 26.2. The van der Waals surface area contributed by atoms with Crippen molar-refractivity contribution in [2.75, 3.05) is 5.32 Å². The molecule has 0 spiro atoms. The molecular weight excluding hydrogens is 248 g/mol. The molecule has 1 aromatic carbocycles. The Morgan fingerprint density at radius 3 is 2.79 bits per heavy atom. The Kier molecular flexibility index (Phi) is 3.87. The van der Waals surface area contributed by atoms with E-state index in [4.69, 9.17) is 5.11 Å². The third kappa shape index (κ3) is 3.63. The molecule has 1 aromatic heterocycles. The number of amides is 1. The molecule has 0 fully saturated rings. The Balaban J connectivity index is 2.06. The number of anilines is 1. The average Bonchev–Trinajstić information content (AvgIpc) is 2.83. The van der Waals surface area contributed by atoms with Crippen molar-refractivity contribution >= 4 is 17.6 Å². The topological polar surface area (TPSA) is 97.1 Å². The quantitative estimate of drug-likeness (QED) is 0.818. The summed E-state index contributed by atoms with van der Waals surface area (Å²) < 4.78 is 1.38. The first-order valence-corrected chi connectivity index (χ1v) is 5.57. The van der Waals surface area contributed by atoms with Gasteiger partial charge < -0.3 is 10.4 Å². The molecular formula is C12H12N4O3. The standard InChI is InChI=1S/C12H12N4O3/c17-11(6-16-8-13-7-14-16)15-10-4-2-1-3-9(10)5-12(18)19/h1-4,7-8H,5-6H2,(H,15,17)(H,18,19). The second kappa shape index (κ2) is 5.76. The van der Waals surface area contributed by atoms with Gasteiger partial charge in [-0.1, -0.05) is 18.2 Å². The van der Waals surface area contributed by atoms with Crippen LogP contribution in [0.25, 0.3) is 0 Å². The number of benzene rings is 1. The van der Waals surface area contributed by atoms with Gasteiger partial charge in [0, 0.05) is 5.69 Å². The fraction of sp³-hybridized carbons (Fsp3) is 0.167. The molecule has 0 saturated heterocycles. The minimum absolute atomic E-state index is 0.0292. The van der Waals surface area contributed by atoms with Gasteiger partial charge in [-0.2, -0.15) is 5.10 Å². The second-order valence-electron chi connectivity index (χ2n) is 3.87. The van der Waals surface area contributed by atoms with Crippen molar-refractivity contribution < 1.29 is 14.7 Å². The second-order valence-corrected chi connectivity index (χ2v) is 3.87. The van der Waals surface area contributed by atoms with Crippen molar-refractivity contribution in [3.63, 3.8) is 0 Å². The number of hydrogen-bond donors (Lipinski definition) is 2. The van der Waals surface area contributed by atoms with Gasteiger partial charge in [0.15, 0.2) is 0 Å². The molecule has 0 atom stereocenters. The summed E-state index contributed by atoms with van der Waals surface area (Å²) in [6.45, 7) is 0.0292. The van der Waals surface area contributed by atoms with Crippen LogP contribution in [0, 0.1) is 0 Å². The summed E-state index contributed by atoms with van der Waals surface area (Å²) in [5.74, 6) is -1.23. The highest BCUT2D eigenvalue weighted by molar-refractivity contribution is 5.92. The van der Waals surface area contributed by atoms with Crippen LogP contribution in [0.4, 0.5) is 5.69 Å². The molecule has 0 unspecified atom stereocenters. The minimum atomic E-state index is -0.946. The lowest BCUT2D eigenvalue weighted by atomic mass is 10.1. The molecule has 0 aliphatic carbocycles. The predicted octanol–water partition coefficient (Wildman–Crippen LogP) is 0.544. The van der Waals surface area contributed by atoms with E-state index in [9.17, 15) is 9.59 Å². The lowest BCUT2D eigenvalue weighted by molar-refractivity contribution is -0.136. The van der Waals surface area contributed by atoms with E-state index in [0.717, 1.165) is 0 Å². The molecule has 7 heteroatoms. The van der Waals surface area contributed by atoms with Crippen molar-refractivity contribution in [2.45, 2.75) is 13.0 Å². The third-order valence-corrected chi connectivity index (χ3v) is 2.41. The molecule has 19 heavy (non-hydrogen) atoms. The summed E-state index contributed by atoms with van der Waals surface area (Å²) in [5, 5.41) is 15.3. The van der Waals surface area contributed by atoms with Gasteiger partial charge in [0.25, 0.3) is 0 Å². The molecule has 98 valence electrons. The van der Waals surface area contributed by atoms with Gasteiger partial charge in [-0.25, -0.2) is 9.67 Å². The van der Waals surface area contributed by atoms with E-state index >= 15 is 0 Å². The molecule has 2 aromatic rings. The molecule has 2 rings (SSSR count). The minimum Gasteiger partial charge on any atom is -0.481 e. The van der Waals surface area contributed by atoms with Gasteiger partial charge in [-0.05, 0) is 11.6 Å². The van der Waals surface area contributed by atoms with E-state index in [1.807, 2.05) is 0 Å². The maximum atomic E-state index is 11.8. The Hall–Kier alpha value is -2.70. The number of carboxylic acids is 1. The smallest absolute Gasteiger partial charge is 0.307 e. The molecule has 0 bridgehead atoms. The maximum Gasteiger partial charge on any atom is 0.307 e. The van der Waals surface area contributed by atoms with Crippen molar-refractivity contribution in [3.8, 4) is 0 Å². The number of carbonyl (C=O) groups excluding carboxylic acids is 1.